The Balaban J connectivity index is 0.00000156. The molecule has 0 bridgehead atoms. The number of hydrogen-bond acceptors (Lipinski definition) is 4. The molecule has 0 atom stereocenters. The minimum atomic E-state index is 0. The number of benzene rings is 1. The molecule has 114 valence electrons. The third-order valence-electron chi connectivity index (χ3n) is 4.21. The topological polar surface area (TPSA) is 32.9 Å². The SMILES string of the molecule is Cc1cc2c(s1)[N-]c1ccccc1N=C2N1CCN(C)CC1.[Rb+]. The van der Waals surface area contributed by atoms with Crippen molar-refractivity contribution < 1.29 is 58.2 Å². The van der Waals surface area contributed by atoms with Crippen molar-refractivity contribution in [3.63, 3.8) is 0 Å². The maximum absolute atomic E-state index is 4.98. The fourth-order valence-corrected chi connectivity index (χ4v) is 3.83. The van der Waals surface area contributed by atoms with E-state index in [0.29, 0.717) is 0 Å². The van der Waals surface area contributed by atoms with Crippen LogP contribution >= 0.6 is 11.3 Å². The quantitative estimate of drug-likeness (QED) is 0.666. The van der Waals surface area contributed by atoms with Gasteiger partial charge in [0.2, 0.25) is 0 Å². The molecule has 0 spiro atoms. The second-order valence-electron chi connectivity index (χ2n) is 5.90. The molecule has 2 aromatic rings. The maximum Gasteiger partial charge on any atom is 1.00 e. The summed E-state index contributed by atoms with van der Waals surface area (Å²) in [5.41, 5.74) is 3.12. The van der Waals surface area contributed by atoms with Crippen LogP contribution in [0.2, 0.25) is 0 Å². The molecular weight excluding hydrogens is 378 g/mol. The van der Waals surface area contributed by atoms with Crippen molar-refractivity contribution in [3.05, 3.63) is 46.1 Å². The molecular formula is C17H19N4RbS. The summed E-state index contributed by atoms with van der Waals surface area (Å²) >= 11 is 1.75. The molecule has 0 unspecified atom stereocenters. The first-order valence-corrected chi connectivity index (χ1v) is 8.46. The van der Waals surface area contributed by atoms with Gasteiger partial charge in [-0.2, -0.15) is 11.3 Å². The predicted molar refractivity (Wildman–Crippen MR) is 93.4 cm³/mol. The Morgan fingerprint density at radius 3 is 2.65 bits per heavy atom. The average molecular weight is 397 g/mol. The second kappa shape index (κ2) is 7.46. The van der Waals surface area contributed by atoms with Crippen LogP contribution in [0.1, 0.15) is 10.4 Å². The maximum atomic E-state index is 4.98. The first-order valence-electron chi connectivity index (χ1n) is 7.64. The molecule has 0 radical (unpaired) electrons. The standard InChI is InChI=1S/C17H19N4S.Rb/c1-12-11-13-16(21-9-7-20(2)8-10-21)18-14-5-3-4-6-15(14)19-17(13)22-12;/h3-6,11H,7-10H2,1-2H3;/q-1;+1. The smallest absolute Gasteiger partial charge is 0.647 e. The largest absolute Gasteiger partial charge is 1.00 e. The fraction of sp³-hybridized carbons (Fsp3) is 0.353. The van der Waals surface area contributed by atoms with Gasteiger partial charge in [0.25, 0.3) is 0 Å². The van der Waals surface area contributed by atoms with Gasteiger partial charge in [0.05, 0.1) is 5.69 Å². The molecule has 1 saturated heterocycles. The Morgan fingerprint density at radius 2 is 1.87 bits per heavy atom. The number of aliphatic imine (C=N–C) groups is 1. The zero-order chi connectivity index (χ0) is 15.1. The Hall–Kier alpha value is -0.0448. The van der Waals surface area contributed by atoms with Gasteiger partial charge in [-0.1, -0.05) is 23.2 Å². The zero-order valence-electron chi connectivity index (χ0n) is 13.9. The molecule has 3 heterocycles. The van der Waals surface area contributed by atoms with Crippen molar-refractivity contribution in [2.24, 2.45) is 4.99 Å². The molecule has 1 aromatic heterocycles. The number of para-hydroxylation sites is 2. The van der Waals surface area contributed by atoms with Crippen LogP contribution in [-0.2, 0) is 0 Å². The van der Waals surface area contributed by atoms with E-state index in [2.05, 4.69) is 35.9 Å². The number of rotatable bonds is 0. The van der Waals surface area contributed by atoms with Gasteiger partial charge < -0.3 is 15.1 Å². The number of aryl methyl sites for hydroxylation is 1. The number of likely N-dealkylation sites (N-methyl/N-ethyl adjacent to an activating group) is 1. The molecule has 0 saturated carbocycles. The van der Waals surface area contributed by atoms with Crippen molar-refractivity contribution in [2.45, 2.75) is 6.92 Å². The van der Waals surface area contributed by atoms with Crippen LogP contribution in [-0.4, -0.2) is 48.9 Å². The minimum Gasteiger partial charge on any atom is -0.647 e. The van der Waals surface area contributed by atoms with Gasteiger partial charge in [0.15, 0.2) is 0 Å². The number of hydrogen-bond donors (Lipinski definition) is 0. The van der Waals surface area contributed by atoms with Gasteiger partial charge in [0.1, 0.15) is 5.84 Å². The summed E-state index contributed by atoms with van der Waals surface area (Å²) in [6, 6.07) is 10.4. The Labute approximate surface area is 190 Å². The van der Waals surface area contributed by atoms with E-state index in [-0.39, 0.29) is 58.2 Å². The molecule has 1 aromatic carbocycles. The number of nitrogens with zero attached hydrogens (tertiary/aromatic N) is 4. The van der Waals surface area contributed by atoms with Crippen molar-refractivity contribution in [2.75, 3.05) is 33.2 Å². The van der Waals surface area contributed by atoms with Crippen LogP contribution in [0.25, 0.3) is 5.32 Å². The van der Waals surface area contributed by atoms with Gasteiger partial charge in [-0.25, -0.2) is 4.99 Å². The van der Waals surface area contributed by atoms with Crippen LogP contribution in [0.15, 0.2) is 35.3 Å². The van der Waals surface area contributed by atoms with Crippen molar-refractivity contribution in [3.8, 4) is 0 Å². The second-order valence-corrected chi connectivity index (χ2v) is 7.14. The minimum absolute atomic E-state index is 0. The molecule has 0 aliphatic carbocycles. The average Bonchev–Trinajstić information content (AvgIpc) is 2.80. The van der Waals surface area contributed by atoms with E-state index in [4.69, 9.17) is 10.3 Å². The summed E-state index contributed by atoms with van der Waals surface area (Å²) in [4.78, 5) is 11.0. The Kier molecular flexibility index (Phi) is 5.76. The van der Waals surface area contributed by atoms with Crippen LogP contribution < -0.4 is 58.2 Å². The van der Waals surface area contributed by atoms with Gasteiger partial charge in [-0.15, -0.1) is 5.69 Å². The first-order chi connectivity index (χ1) is 10.7. The Morgan fingerprint density at radius 1 is 1.13 bits per heavy atom. The molecule has 2 aliphatic rings. The molecule has 0 amide bonds. The third kappa shape index (κ3) is 3.65. The number of piperazine rings is 1. The summed E-state index contributed by atoms with van der Waals surface area (Å²) in [6.45, 7) is 6.34. The first kappa shape index (κ1) is 17.8. The van der Waals surface area contributed by atoms with E-state index >= 15 is 0 Å². The van der Waals surface area contributed by atoms with Gasteiger partial charge in [0, 0.05) is 36.6 Å². The van der Waals surface area contributed by atoms with Crippen LogP contribution in [0, 0.1) is 6.92 Å². The van der Waals surface area contributed by atoms with E-state index in [1.165, 1.54) is 10.4 Å². The van der Waals surface area contributed by atoms with Crippen LogP contribution in [0.4, 0.5) is 16.4 Å². The predicted octanol–water partition coefficient (Wildman–Crippen LogP) is 1.04. The molecule has 4 rings (SSSR count). The van der Waals surface area contributed by atoms with Crippen LogP contribution in [0.3, 0.4) is 0 Å². The van der Waals surface area contributed by atoms with E-state index in [9.17, 15) is 0 Å². The monoisotopic (exact) mass is 396 g/mol. The normalized spacial score (nSPS) is 17.3. The van der Waals surface area contributed by atoms with E-state index in [1.54, 1.807) is 11.3 Å². The molecule has 23 heavy (non-hydrogen) atoms. The Bertz CT molecular complexity index is 732. The molecule has 1 fully saturated rings. The summed E-state index contributed by atoms with van der Waals surface area (Å²) in [6.07, 6.45) is 0. The van der Waals surface area contributed by atoms with E-state index < -0.39 is 0 Å². The number of thiophene rings is 1. The molecule has 0 N–H and O–H groups in total. The molecule has 4 nitrogen and oxygen atoms in total. The third-order valence-corrected chi connectivity index (χ3v) is 5.15. The molecule has 2 aliphatic heterocycles. The van der Waals surface area contributed by atoms with Gasteiger partial charge in [-0.3, -0.25) is 0 Å². The summed E-state index contributed by atoms with van der Waals surface area (Å²) in [7, 11) is 2.18. The van der Waals surface area contributed by atoms with Gasteiger partial charge >= 0.3 is 58.2 Å². The van der Waals surface area contributed by atoms with Crippen LogP contribution in [0.5, 0.6) is 0 Å². The van der Waals surface area contributed by atoms with Crippen molar-refractivity contribution >= 4 is 33.5 Å². The molecule has 6 heteroatoms. The van der Waals surface area contributed by atoms with E-state index in [0.717, 1.165) is 48.4 Å². The number of amidine groups is 1. The van der Waals surface area contributed by atoms with E-state index in [1.807, 2.05) is 18.2 Å². The summed E-state index contributed by atoms with van der Waals surface area (Å²) in [5.74, 6) is 1.08. The number of fused-ring (bicyclic) bond motifs is 2. The van der Waals surface area contributed by atoms with Crippen molar-refractivity contribution in [1.29, 1.82) is 0 Å². The fourth-order valence-electron chi connectivity index (χ4n) is 2.94. The summed E-state index contributed by atoms with van der Waals surface area (Å²) < 4.78 is 0. The van der Waals surface area contributed by atoms with Gasteiger partial charge in [-0.05, 0) is 26.1 Å². The summed E-state index contributed by atoms with van der Waals surface area (Å²) in [5, 5.41) is 5.93. The van der Waals surface area contributed by atoms with Crippen molar-refractivity contribution in [1.82, 2.24) is 9.80 Å². The zero-order valence-corrected chi connectivity index (χ0v) is 19.6.